The fourth-order valence-corrected chi connectivity index (χ4v) is 7.79. The third-order valence-electron chi connectivity index (χ3n) is 9.40. The number of aromatic amines is 1. The van der Waals surface area contributed by atoms with Gasteiger partial charge in [0.1, 0.15) is 0 Å². The average molecular weight is 429 g/mol. The maximum atomic E-state index is 12.8. The number of hydrogen-bond acceptors (Lipinski definition) is 4. The van der Waals surface area contributed by atoms with Crippen molar-refractivity contribution in [1.82, 2.24) is 9.88 Å². The Kier molecular flexibility index (Phi) is 3.10. The van der Waals surface area contributed by atoms with Crippen molar-refractivity contribution in [2.75, 3.05) is 13.1 Å². The summed E-state index contributed by atoms with van der Waals surface area (Å²) in [4.78, 5) is 6.29. The van der Waals surface area contributed by atoms with Crippen molar-refractivity contribution in [2.24, 2.45) is 5.92 Å². The first-order valence-corrected chi connectivity index (χ1v) is 12.1. The lowest BCUT2D eigenvalue weighted by Crippen LogP contribution is -2.74. The van der Waals surface area contributed by atoms with Crippen LogP contribution in [0.4, 0.5) is 0 Å². The molecule has 0 unspecified atom stereocenters. The Labute approximate surface area is 187 Å². The molecule has 5 nitrogen and oxygen atoms in total. The van der Waals surface area contributed by atoms with Gasteiger partial charge in [0.15, 0.2) is 17.6 Å². The summed E-state index contributed by atoms with van der Waals surface area (Å²) in [7, 11) is 0. The number of H-pyrrole nitrogens is 1. The number of phenols is 1. The Bertz CT molecular complexity index is 1320. The van der Waals surface area contributed by atoms with E-state index in [0.717, 1.165) is 48.6 Å². The van der Waals surface area contributed by atoms with E-state index < -0.39 is 11.0 Å². The summed E-state index contributed by atoms with van der Waals surface area (Å²) in [5.41, 5.74) is 5.53. The number of nitrogens with one attached hydrogen (secondary N) is 1. The highest BCUT2D eigenvalue weighted by Gasteiger charge is 2.72. The molecule has 2 fully saturated rings. The molecule has 8 rings (SSSR count). The van der Waals surface area contributed by atoms with Gasteiger partial charge in [-0.2, -0.15) is 0 Å². The van der Waals surface area contributed by atoms with Crippen molar-refractivity contribution >= 4 is 10.9 Å². The van der Waals surface area contributed by atoms with Gasteiger partial charge in [0.05, 0.1) is 16.7 Å². The molecule has 5 heteroatoms. The molecule has 3 aromatic rings. The summed E-state index contributed by atoms with van der Waals surface area (Å²) in [6.07, 6.45) is 4.65. The van der Waals surface area contributed by atoms with E-state index >= 15 is 0 Å². The van der Waals surface area contributed by atoms with E-state index in [4.69, 9.17) is 4.74 Å². The fraction of sp³-hybridized carbons (Fsp3) is 0.481. The first-order valence-electron chi connectivity index (χ1n) is 12.1. The van der Waals surface area contributed by atoms with Gasteiger partial charge in [-0.15, -0.1) is 0 Å². The van der Waals surface area contributed by atoms with Crippen LogP contribution < -0.4 is 4.74 Å². The standard InChI is InChI=1S/C27H28N2O3/c1-14-3-2-4-17-18-12-27(31)20-11-16-7-8-19(30)24-21(16)26(27,9-10-29(20)13-15-5-6-15)25(32-24)23(18)28-22(14)17/h2-4,7-8,15,20,25,28,30-31H,5-6,9-13H2,1H3/t20-,25+,26+,27-/m1/s1. The minimum atomic E-state index is -0.914. The second kappa shape index (κ2) is 5.52. The van der Waals surface area contributed by atoms with Gasteiger partial charge in [-0.3, -0.25) is 4.90 Å². The first-order chi connectivity index (χ1) is 15.5. The zero-order valence-corrected chi connectivity index (χ0v) is 18.3. The Morgan fingerprint density at radius 3 is 2.94 bits per heavy atom. The zero-order valence-electron chi connectivity index (χ0n) is 18.3. The summed E-state index contributed by atoms with van der Waals surface area (Å²) in [6, 6.07) is 10.3. The molecule has 4 atom stereocenters. The van der Waals surface area contributed by atoms with E-state index in [1.54, 1.807) is 6.07 Å². The normalized spacial score (nSPS) is 34.3. The third-order valence-corrected chi connectivity index (χ3v) is 9.40. The molecule has 2 bridgehead atoms. The number of aryl methyl sites for hydroxylation is 1. The first kappa shape index (κ1) is 18.0. The van der Waals surface area contributed by atoms with Crippen LogP contribution in [0, 0.1) is 12.8 Å². The second-order valence-corrected chi connectivity index (χ2v) is 10.9. The van der Waals surface area contributed by atoms with Gasteiger partial charge >= 0.3 is 0 Å². The number of benzene rings is 2. The highest BCUT2D eigenvalue weighted by molar-refractivity contribution is 5.88. The molecule has 2 aromatic carbocycles. The summed E-state index contributed by atoms with van der Waals surface area (Å²) in [5, 5.41) is 24.8. The predicted molar refractivity (Wildman–Crippen MR) is 121 cm³/mol. The van der Waals surface area contributed by atoms with E-state index in [1.807, 2.05) is 0 Å². The van der Waals surface area contributed by atoms with Crippen LogP contribution in [0.2, 0.25) is 0 Å². The second-order valence-electron chi connectivity index (χ2n) is 10.9. The number of ether oxygens (including phenoxy) is 1. The summed E-state index contributed by atoms with van der Waals surface area (Å²) < 4.78 is 6.64. The van der Waals surface area contributed by atoms with Crippen LogP contribution in [-0.4, -0.2) is 44.8 Å². The van der Waals surface area contributed by atoms with Gasteiger partial charge in [-0.05, 0) is 67.8 Å². The van der Waals surface area contributed by atoms with Gasteiger partial charge in [0.2, 0.25) is 0 Å². The van der Waals surface area contributed by atoms with Crippen LogP contribution in [0.25, 0.3) is 10.9 Å². The van der Waals surface area contributed by atoms with Crippen LogP contribution in [0.1, 0.15) is 53.3 Å². The van der Waals surface area contributed by atoms with Crippen molar-refractivity contribution in [1.29, 1.82) is 0 Å². The number of fused-ring (bicyclic) bond motifs is 4. The lowest BCUT2D eigenvalue weighted by atomic mass is 9.49. The SMILES string of the molecule is Cc1cccc2c3c([nH]c12)[C@@H]1Oc2c(O)ccc4c2[C@@]12CCN(CC1CC1)[C@H](C4)[C@]2(O)C3. The molecule has 2 aliphatic heterocycles. The van der Waals surface area contributed by atoms with E-state index in [2.05, 4.69) is 41.1 Å². The maximum Gasteiger partial charge on any atom is 0.166 e. The minimum Gasteiger partial charge on any atom is -0.504 e. The fourth-order valence-electron chi connectivity index (χ4n) is 7.79. The molecule has 164 valence electrons. The molecule has 3 N–H and O–H groups in total. The number of aromatic nitrogens is 1. The van der Waals surface area contributed by atoms with Gasteiger partial charge in [0.25, 0.3) is 0 Å². The summed E-state index contributed by atoms with van der Waals surface area (Å²) in [5.74, 6) is 1.58. The Morgan fingerprint density at radius 1 is 1.22 bits per heavy atom. The number of aromatic hydroxyl groups is 1. The predicted octanol–water partition coefficient (Wildman–Crippen LogP) is 3.88. The van der Waals surface area contributed by atoms with Crippen molar-refractivity contribution in [3.63, 3.8) is 0 Å². The molecule has 3 heterocycles. The topological polar surface area (TPSA) is 68.7 Å². The lowest BCUT2D eigenvalue weighted by Gasteiger charge is -2.62. The van der Waals surface area contributed by atoms with Gasteiger partial charge in [-0.25, -0.2) is 0 Å². The Balaban J connectivity index is 1.43. The summed E-state index contributed by atoms with van der Waals surface area (Å²) in [6.45, 7) is 4.20. The number of aliphatic hydroxyl groups is 1. The molecule has 1 aromatic heterocycles. The van der Waals surface area contributed by atoms with Gasteiger partial charge < -0.3 is 19.9 Å². The molecular weight excluding hydrogens is 400 g/mol. The van der Waals surface area contributed by atoms with Crippen LogP contribution in [0.5, 0.6) is 11.5 Å². The van der Waals surface area contributed by atoms with Crippen LogP contribution >= 0.6 is 0 Å². The van der Waals surface area contributed by atoms with E-state index in [0.29, 0.717) is 12.2 Å². The Morgan fingerprint density at radius 2 is 2.09 bits per heavy atom. The van der Waals surface area contributed by atoms with Gasteiger partial charge in [-0.1, -0.05) is 24.3 Å². The maximum absolute atomic E-state index is 12.8. The van der Waals surface area contributed by atoms with Crippen LogP contribution in [0.15, 0.2) is 30.3 Å². The largest absolute Gasteiger partial charge is 0.504 e. The monoisotopic (exact) mass is 428 g/mol. The lowest BCUT2D eigenvalue weighted by molar-refractivity contribution is -0.173. The average Bonchev–Trinajstić information content (AvgIpc) is 3.40. The molecule has 1 saturated carbocycles. The van der Waals surface area contributed by atoms with Crippen molar-refractivity contribution in [3.8, 4) is 11.5 Å². The number of hydrogen-bond donors (Lipinski definition) is 3. The van der Waals surface area contributed by atoms with Crippen molar-refractivity contribution in [2.45, 2.75) is 62.2 Å². The number of piperidine rings is 1. The number of para-hydroxylation sites is 1. The molecule has 5 aliphatic rings. The van der Waals surface area contributed by atoms with Crippen LogP contribution in [-0.2, 0) is 18.3 Å². The molecule has 1 saturated heterocycles. The molecule has 1 spiro atoms. The third kappa shape index (κ3) is 1.87. The quantitative estimate of drug-likeness (QED) is 0.580. The summed E-state index contributed by atoms with van der Waals surface area (Å²) >= 11 is 0. The molecule has 32 heavy (non-hydrogen) atoms. The van der Waals surface area contributed by atoms with E-state index in [1.165, 1.54) is 34.9 Å². The molecule has 3 aliphatic carbocycles. The molecule has 0 amide bonds. The number of nitrogens with zero attached hydrogens (tertiary/aromatic N) is 1. The molecular formula is C27H28N2O3. The molecule has 0 radical (unpaired) electrons. The number of phenolic OH excluding ortho intramolecular Hbond substituents is 1. The highest BCUT2D eigenvalue weighted by Crippen LogP contribution is 2.69. The Hall–Kier alpha value is -2.50. The van der Waals surface area contributed by atoms with Crippen molar-refractivity contribution in [3.05, 3.63) is 58.3 Å². The number of likely N-dealkylation sites (tertiary alicyclic amines) is 1. The zero-order chi connectivity index (χ0) is 21.4. The van der Waals surface area contributed by atoms with Crippen LogP contribution in [0.3, 0.4) is 0 Å². The highest BCUT2D eigenvalue weighted by atomic mass is 16.5. The number of rotatable bonds is 2. The van der Waals surface area contributed by atoms with Gasteiger partial charge in [0, 0.05) is 35.5 Å². The smallest absolute Gasteiger partial charge is 0.166 e. The van der Waals surface area contributed by atoms with E-state index in [-0.39, 0.29) is 17.9 Å². The minimum absolute atomic E-state index is 0.0776. The van der Waals surface area contributed by atoms with Crippen molar-refractivity contribution < 1.29 is 14.9 Å². The van der Waals surface area contributed by atoms with E-state index in [9.17, 15) is 10.2 Å².